The summed E-state index contributed by atoms with van der Waals surface area (Å²) in [5.41, 5.74) is 1.21. The zero-order valence-corrected chi connectivity index (χ0v) is 16.0. The zero-order chi connectivity index (χ0) is 21.8. The summed E-state index contributed by atoms with van der Waals surface area (Å²) in [5, 5.41) is 14.4. The van der Waals surface area contributed by atoms with E-state index in [1.54, 1.807) is 0 Å². The molecule has 4 rings (SSSR count). The summed E-state index contributed by atoms with van der Waals surface area (Å²) in [6.45, 7) is 0. The highest BCUT2D eigenvalue weighted by molar-refractivity contribution is 5.90. The average molecular weight is 423 g/mol. The number of aromatic nitrogens is 4. The zero-order valence-electron chi connectivity index (χ0n) is 16.0. The summed E-state index contributed by atoms with van der Waals surface area (Å²) in [6, 6.07) is 22.6. The van der Waals surface area contributed by atoms with E-state index in [4.69, 9.17) is 0 Å². The summed E-state index contributed by atoms with van der Waals surface area (Å²) >= 11 is 0. The molecule has 3 aromatic carbocycles. The van der Waals surface area contributed by atoms with Crippen LogP contribution < -0.4 is 5.32 Å². The molecule has 4 aromatic rings. The number of carbonyl (C=O) groups excluding carboxylic acids is 1. The van der Waals surface area contributed by atoms with Crippen LogP contribution in [0.5, 0.6) is 0 Å². The average Bonchev–Trinajstić information content (AvgIpc) is 3.28. The Morgan fingerprint density at radius 3 is 1.90 bits per heavy atom. The predicted molar refractivity (Wildman–Crippen MR) is 106 cm³/mol. The van der Waals surface area contributed by atoms with Crippen molar-refractivity contribution < 1.29 is 18.0 Å². The molecule has 0 aliphatic rings. The van der Waals surface area contributed by atoms with Gasteiger partial charge in [0.25, 0.3) is 11.7 Å². The molecule has 1 aromatic heterocycles. The molecule has 0 saturated carbocycles. The maximum atomic E-state index is 12.8. The Labute approximate surface area is 175 Å². The van der Waals surface area contributed by atoms with Gasteiger partial charge in [-0.2, -0.15) is 13.2 Å². The first-order valence-electron chi connectivity index (χ1n) is 9.30. The first-order chi connectivity index (χ1) is 14.9. The molecule has 0 fully saturated rings. The van der Waals surface area contributed by atoms with E-state index < -0.39 is 23.7 Å². The fourth-order valence-corrected chi connectivity index (χ4v) is 3.04. The van der Waals surface area contributed by atoms with Gasteiger partial charge in [-0.15, -0.1) is 15.0 Å². The van der Waals surface area contributed by atoms with Crippen molar-refractivity contribution in [3.63, 3.8) is 0 Å². The third-order valence-corrected chi connectivity index (χ3v) is 4.58. The lowest BCUT2D eigenvalue weighted by Gasteiger charge is -2.18. The monoisotopic (exact) mass is 423 g/mol. The second-order valence-corrected chi connectivity index (χ2v) is 6.67. The first kappa shape index (κ1) is 20.3. The summed E-state index contributed by atoms with van der Waals surface area (Å²) in [4.78, 5) is 13.8. The molecule has 156 valence electrons. The fourth-order valence-electron chi connectivity index (χ4n) is 3.04. The van der Waals surface area contributed by atoms with Crippen molar-refractivity contribution in [3.8, 4) is 5.69 Å². The van der Waals surface area contributed by atoms with Gasteiger partial charge in [0.15, 0.2) is 0 Å². The van der Waals surface area contributed by atoms with Crippen molar-refractivity contribution in [1.82, 2.24) is 25.5 Å². The third-order valence-electron chi connectivity index (χ3n) is 4.58. The van der Waals surface area contributed by atoms with Crippen LogP contribution in [-0.4, -0.2) is 26.1 Å². The summed E-state index contributed by atoms with van der Waals surface area (Å²) in [6.07, 6.45) is -4.44. The van der Waals surface area contributed by atoms with E-state index in [9.17, 15) is 18.0 Å². The molecule has 6 nitrogen and oxygen atoms in total. The van der Waals surface area contributed by atoms with E-state index in [1.165, 1.54) is 12.1 Å². The van der Waals surface area contributed by atoms with Crippen molar-refractivity contribution in [1.29, 1.82) is 0 Å². The van der Waals surface area contributed by atoms with Gasteiger partial charge >= 0.3 is 6.18 Å². The largest absolute Gasteiger partial charge is 0.416 e. The van der Waals surface area contributed by atoms with Crippen LogP contribution in [-0.2, 0) is 6.18 Å². The predicted octanol–water partition coefficient (Wildman–Crippen LogP) is 4.20. The van der Waals surface area contributed by atoms with Crippen LogP contribution in [0.4, 0.5) is 13.2 Å². The van der Waals surface area contributed by atoms with Crippen molar-refractivity contribution >= 4 is 5.91 Å². The highest BCUT2D eigenvalue weighted by Crippen LogP contribution is 2.29. The minimum absolute atomic E-state index is 0.197. The molecular weight excluding hydrogens is 407 g/mol. The van der Waals surface area contributed by atoms with E-state index >= 15 is 0 Å². The number of tetrazole rings is 1. The Hall–Kier alpha value is -4.01. The Kier molecular flexibility index (Phi) is 5.48. The van der Waals surface area contributed by atoms with Crippen LogP contribution >= 0.6 is 0 Å². The van der Waals surface area contributed by atoms with Gasteiger partial charge in [-0.1, -0.05) is 60.7 Å². The maximum absolute atomic E-state index is 12.8. The molecule has 1 N–H and O–H groups in total. The third kappa shape index (κ3) is 4.61. The summed E-state index contributed by atoms with van der Waals surface area (Å²) < 4.78 is 38.2. The van der Waals surface area contributed by atoms with Gasteiger partial charge in [-0.25, -0.2) is 0 Å². The lowest BCUT2D eigenvalue weighted by atomic mass is 9.99. The molecule has 0 saturated heterocycles. The van der Waals surface area contributed by atoms with E-state index in [1.807, 2.05) is 60.7 Å². The SMILES string of the molecule is O=C(NC(c1ccccc1)c1ccccc1)c1nnn(-c2ccc(C(F)(F)F)cc2)n1. The summed E-state index contributed by atoms with van der Waals surface area (Å²) in [7, 11) is 0. The van der Waals surface area contributed by atoms with E-state index in [2.05, 4.69) is 20.7 Å². The van der Waals surface area contributed by atoms with Crippen LogP contribution in [0.1, 0.15) is 33.4 Å². The number of amides is 1. The minimum atomic E-state index is -4.44. The second-order valence-electron chi connectivity index (χ2n) is 6.67. The van der Waals surface area contributed by atoms with Crippen molar-refractivity contribution in [2.45, 2.75) is 12.2 Å². The molecule has 0 aliphatic heterocycles. The van der Waals surface area contributed by atoms with Crippen LogP contribution in [0.3, 0.4) is 0 Å². The number of hydrogen-bond donors (Lipinski definition) is 1. The molecule has 0 bridgehead atoms. The van der Waals surface area contributed by atoms with Gasteiger partial charge in [-0.3, -0.25) is 4.79 Å². The highest BCUT2D eigenvalue weighted by Gasteiger charge is 2.30. The van der Waals surface area contributed by atoms with Crippen LogP contribution in [0.2, 0.25) is 0 Å². The van der Waals surface area contributed by atoms with Gasteiger partial charge in [0.1, 0.15) is 0 Å². The maximum Gasteiger partial charge on any atom is 0.416 e. The molecule has 0 radical (unpaired) electrons. The molecule has 1 amide bonds. The molecule has 0 atom stereocenters. The number of rotatable bonds is 5. The number of alkyl halides is 3. The second kappa shape index (κ2) is 8.39. The highest BCUT2D eigenvalue weighted by atomic mass is 19.4. The van der Waals surface area contributed by atoms with Gasteiger partial charge in [-0.05, 0) is 40.6 Å². The number of carbonyl (C=O) groups is 1. The molecule has 0 spiro atoms. The van der Waals surface area contributed by atoms with Crippen LogP contribution in [0.15, 0.2) is 84.9 Å². The Balaban J connectivity index is 1.56. The minimum Gasteiger partial charge on any atom is -0.338 e. The van der Waals surface area contributed by atoms with Crippen LogP contribution in [0, 0.1) is 0 Å². The number of halogens is 3. The number of benzene rings is 3. The van der Waals surface area contributed by atoms with Gasteiger partial charge < -0.3 is 5.32 Å². The van der Waals surface area contributed by atoms with Crippen LogP contribution in [0.25, 0.3) is 5.69 Å². The van der Waals surface area contributed by atoms with Gasteiger partial charge in [0, 0.05) is 0 Å². The summed E-state index contributed by atoms with van der Waals surface area (Å²) in [5.74, 6) is -0.757. The smallest absolute Gasteiger partial charge is 0.338 e. The lowest BCUT2D eigenvalue weighted by molar-refractivity contribution is -0.137. The number of nitrogens with zero attached hydrogens (tertiary/aromatic N) is 4. The van der Waals surface area contributed by atoms with E-state index in [0.717, 1.165) is 28.1 Å². The number of hydrogen-bond acceptors (Lipinski definition) is 4. The Bertz CT molecular complexity index is 1120. The first-order valence-corrected chi connectivity index (χ1v) is 9.30. The molecular formula is C22H16F3N5O. The molecule has 0 aliphatic carbocycles. The van der Waals surface area contributed by atoms with E-state index in [0.29, 0.717) is 0 Å². The molecule has 0 unspecified atom stereocenters. The topological polar surface area (TPSA) is 72.7 Å². The van der Waals surface area contributed by atoms with Crippen molar-refractivity contribution in [2.75, 3.05) is 0 Å². The molecule has 9 heteroatoms. The molecule has 1 heterocycles. The van der Waals surface area contributed by atoms with Gasteiger partial charge in [0.05, 0.1) is 17.3 Å². The lowest BCUT2D eigenvalue weighted by Crippen LogP contribution is -2.30. The van der Waals surface area contributed by atoms with Crippen molar-refractivity contribution in [3.05, 3.63) is 107 Å². The van der Waals surface area contributed by atoms with E-state index in [-0.39, 0.29) is 11.5 Å². The fraction of sp³-hybridized carbons (Fsp3) is 0.0909. The normalized spacial score (nSPS) is 11.5. The quantitative estimate of drug-likeness (QED) is 0.522. The standard InChI is InChI=1S/C22H16F3N5O/c23-22(24,25)17-11-13-18(14-12-17)30-28-20(27-29-30)21(31)26-19(15-7-3-1-4-8-15)16-9-5-2-6-10-16/h1-14,19H,(H,26,31). The Morgan fingerprint density at radius 2 is 1.39 bits per heavy atom. The van der Waals surface area contributed by atoms with Crippen molar-refractivity contribution in [2.24, 2.45) is 0 Å². The number of nitrogens with one attached hydrogen (secondary N) is 1. The molecule has 31 heavy (non-hydrogen) atoms. The van der Waals surface area contributed by atoms with Gasteiger partial charge in [0.2, 0.25) is 0 Å². The Morgan fingerprint density at radius 1 is 0.839 bits per heavy atom.